The van der Waals surface area contributed by atoms with Crippen molar-refractivity contribution in [3.63, 3.8) is 0 Å². The Balaban J connectivity index is 0.00000338. The van der Waals surface area contributed by atoms with Crippen molar-refractivity contribution in [1.82, 2.24) is 18.7 Å². The minimum absolute atomic E-state index is 0. The maximum absolute atomic E-state index is 4.86. The average Bonchev–Trinajstić information content (AvgIpc) is 3.62. The summed E-state index contributed by atoms with van der Waals surface area (Å²) in [5.41, 5.74) is 9.14. The largest absolute Gasteiger partial charge is 0.319 e. The Bertz CT molecular complexity index is 2370. The van der Waals surface area contributed by atoms with E-state index in [0.717, 1.165) is 43.3 Å². The van der Waals surface area contributed by atoms with Crippen LogP contribution in [0.2, 0.25) is 0 Å². The first kappa shape index (κ1) is 30.2. The van der Waals surface area contributed by atoms with Crippen molar-refractivity contribution in [2.75, 3.05) is 0 Å². The molecule has 0 saturated carbocycles. The van der Waals surface area contributed by atoms with Gasteiger partial charge in [-0.15, -0.1) is 34.2 Å². The van der Waals surface area contributed by atoms with Gasteiger partial charge in [-0.25, -0.2) is 14.1 Å². The third kappa shape index (κ3) is 5.28. The summed E-state index contributed by atoms with van der Waals surface area (Å²) < 4.78 is 6.79. The Morgan fingerprint density at radius 3 is 2.28 bits per heavy atom. The molecule has 0 aliphatic heterocycles. The van der Waals surface area contributed by atoms with Crippen LogP contribution < -0.4 is 0 Å². The quantitative estimate of drug-likeness (QED) is 0.157. The van der Waals surface area contributed by atoms with E-state index in [0.29, 0.717) is 6.04 Å². The van der Waals surface area contributed by atoms with Gasteiger partial charge in [-0.3, -0.25) is 0 Å². The fourth-order valence-corrected chi connectivity index (χ4v) is 7.09. The minimum Gasteiger partial charge on any atom is -0.319 e. The zero-order valence-corrected chi connectivity index (χ0v) is 28.8. The molecule has 0 amide bonds. The number of rotatable bonds is 6. The van der Waals surface area contributed by atoms with E-state index in [1.54, 1.807) is 11.8 Å². The number of aromatic nitrogens is 4. The summed E-state index contributed by atoms with van der Waals surface area (Å²) >= 11 is 1.68. The van der Waals surface area contributed by atoms with Gasteiger partial charge in [0.2, 0.25) is 0 Å². The Morgan fingerprint density at radius 1 is 0.717 bits per heavy atom. The van der Waals surface area contributed by atoms with Crippen molar-refractivity contribution in [2.24, 2.45) is 0 Å². The predicted octanol–water partition coefficient (Wildman–Crippen LogP) is 10.5. The van der Waals surface area contributed by atoms with Crippen LogP contribution >= 0.6 is 11.8 Å². The molecule has 8 rings (SSSR count). The number of imidazole rings is 1. The van der Waals surface area contributed by atoms with Crippen molar-refractivity contribution in [3.05, 3.63) is 145 Å². The molecule has 228 valence electrons. The Morgan fingerprint density at radius 2 is 1.46 bits per heavy atom. The maximum Gasteiger partial charge on any atom is 0.188 e. The molecule has 5 aromatic carbocycles. The van der Waals surface area contributed by atoms with Gasteiger partial charge in [-0.05, 0) is 73.2 Å². The van der Waals surface area contributed by atoms with Crippen LogP contribution in [-0.4, -0.2) is 18.7 Å². The molecular weight excluding hydrogens is 764 g/mol. The number of nitrogens with zero attached hydrogens (tertiary/aromatic N) is 4. The van der Waals surface area contributed by atoms with Crippen LogP contribution in [0, 0.1) is 19.1 Å². The van der Waals surface area contributed by atoms with Gasteiger partial charge < -0.3 is 4.57 Å². The molecule has 0 saturated heterocycles. The maximum atomic E-state index is 4.86. The summed E-state index contributed by atoms with van der Waals surface area (Å²) in [4.78, 5) is 6.93. The number of hydrogen-bond acceptors (Lipinski definition) is 2. The van der Waals surface area contributed by atoms with Crippen molar-refractivity contribution >= 4 is 44.6 Å². The second-order valence-electron chi connectivity index (χ2n) is 11.6. The molecule has 4 nitrogen and oxygen atoms in total. The van der Waals surface area contributed by atoms with E-state index in [2.05, 4.69) is 168 Å². The van der Waals surface area contributed by atoms with E-state index in [-0.39, 0.29) is 21.1 Å². The van der Waals surface area contributed by atoms with Crippen LogP contribution in [0.25, 0.3) is 55.5 Å². The molecule has 0 bridgehead atoms. The van der Waals surface area contributed by atoms with Crippen molar-refractivity contribution in [3.8, 4) is 22.6 Å². The Kier molecular flexibility index (Phi) is 8.14. The van der Waals surface area contributed by atoms with Crippen LogP contribution in [0.15, 0.2) is 138 Å². The predicted molar refractivity (Wildman–Crippen MR) is 187 cm³/mol. The fraction of sp³-hybridized carbons (Fsp3) is 0.100. The minimum atomic E-state index is 0. The van der Waals surface area contributed by atoms with E-state index in [4.69, 9.17) is 4.98 Å². The van der Waals surface area contributed by atoms with Crippen molar-refractivity contribution < 1.29 is 21.1 Å². The van der Waals surface area contributed by atoms with Gasteiger partial charge in [0.1, 0.15) is 5.82 Å². The van der Waals surface area contributed by atoms with Crippen LogP contribution in [0.5, 0.6) is 0 Å². The molecule has 0 aliphatic rings. The monoisotopic (exact) mass is 794 g/mol. The van der Waals surface area contributed by atoms with Gasteiger partial charge in [0.25, 0.3) is 0 Å². The summed E-state index contributed by atoms with van der Waals surface area (Å²) in [6, 6.07) is 48.4. The molecule has 0 atom stereocenters. The molecule has 0 fully saturated rings. The number of para-hydroxylation sites is 3. The van der Waals surface area contributed by atoms with E-state index in [9.17, 15) is 0 Å². The number of pyridine rings is 1. The first-order chi connectivity index (χ1) is 22.0. The summed E-state index contributed by atoms with van der Waals surface area (Å²) in [5, 5.41) is 2.35. The Labute approximate surface area is 287 Å². The molecule has 8 aromatic rings. The average molecular weight is 795 g/mol. The molecule has 0 aliphatic carbocycles. The zero-order chi connectivity index (χ0) is 30.5. The standard InChI is InChI=1S/C40H31N4S.Pt/c1-27(2)42-26-43(38-18-9-8-17-37(38)42)30-12-10-13-31(24-30)45-32-19-20-35-34-15-6-7-16-36(34)44(39(35)25-32)40-23-29(21-22-41-40)33-14-5-4-11-28(33)3;/h4-23,26-27H,1-3H3;/q-1;. The number of aryl methyl sites for hydroxylation is 1. The molecule has 3 aromatic heterocycles. The van der Waals surface area contributed by atoms with Crippen LogP contribution in [-0.2, 0) is 21.1 Å². The number of benzene rings is 5. The van der Waals surface area contributed by atoms with Gasteiger partial charge in [0.15, 0.2) is 17.4 Å². The second kappa shape index (κ2) is 12.4. The zero-order valence-electron chi connectivity index (χ0n) is 25.7. The van der Waals surface area contributed by atoms with E-state index in [1.807, 2.05) is 6.20 Å². The molecule has 0 N–H and O–H groups in total. The van der Waals surface area contributed by atoms with Gasteiger partial charge in [-0.2, -0.15) is 24.3 Å². The fourth-order valence-electron chi connectivity index (χ4n) is 6.27. The smallest absolute Gasteiger partial charge is 0.188 e. The molecule has 46 heavy (non-hydrogen) atoms. The van der Waals surface area contributed by atoms with E-state index >= 15 is 0 Å². The number of fused-ring (bicyclic) bond motifs is 4. The summed E-state index contributed by atoms with van der Waals surface area (Å²) in [5.74, 6) is 0.881. The molecule has 0 spiro atoms. The summed E-state index contributed by atoms with van der Waals surface area (Å²) in [6.07, 6.45) is 4.09. The summed E-state index contributed by atoms with van der Waals surface area (Å²) in [7, 11) is 0. The number of hydrogen-bond donors (Lipinski definition) is 0. The van der Waals surface area contributed by atoms with Crippen LogP contribution in [0.1, 0.15) is 25.5 Å². The van der Waals surface area contributed by atoms with Gasteiger partial charge >= 0.3 is 0 Å². The first-order valence-electron chi connectivity index (χ1n) is 15.2. The van der Waals surface area contributed by atoms with E-state index in [1.165, 1.54) is 27.5 Å². The molecule has 0 unspecified atom stereocenters. The van der Waals surface area contributed by atoms with Gasteiger partial charge in [0.05, 0.1) is 6.04 Å². The van der Waals surface area contributed by atoms with E-state index < -0.39 is 0 Å². The van der Waals surface area contributed by atoms with Crippen LogP contribution in [0.3, 0.4) is 0 Å². The molecule has 3 heterocycles. The first-order valence-corrected chi connectivity index (χ1v) is 16.1. The summed E-state index contributed by atoms with van der Waals surface area (Å²) in [6.45, 7) is 6.58. The normalized spacial score (nSPS) is 11.5. The SMILES string of the molecule is Cc1ccccc1-c1ccnc(-n2c3[c-]c(Sc4[c-]c(-n5[cH+]n(C(C)C)c6ccccc65)ccc4)ccc3c3ccccc32)c1.[Pt]. The van der Waals surface area contributed by atoms with Crippen molar-refractivity contribution in [2.45, 2.75) is 36.6 Å². The second-order valence-corrected chi connectivity index (χ2v) is 12.7. The molecule has 6 heteroatoms. The third-order valence-electron chi connectivity index (χ3n) is 8.44. The van der Waals surface area contributed by atoms with Gasteiger partial charge in [0, 0.05) is 50.6 Å². The van der Waals surface area contributed by atoms with Crippen molar-refractivity contribution in [1.29, 1.82) is 0 Å². The third-order valence-corrected chi connectivity index (χ3v) is 9.35. The molecule has 0 radical (unpaired) electrons. The topological polar surface area (TPSA) is 27.7 Å². The van der Waals surface area contributed by atoms with Crippen LogP contribution in [0.4, 0.5) is 0 Å². The Hall–Kier alpha value is -4.44. The molecular formula is C40H31N4PtS-. The van der Waals surface area contributed by atoms with Gasteiger partial charge in [-0.1, -0.05) is 58.9 Å².